The van der Waals surface area contributed by atoms with Gasteiger partial charge in [-0.3, -0.25) is 10.7 Å². The molecule has 1 aromatic carbocycles. The number of nitrogens with one attached hydrogen (secondary N) is 1. The Balaban J connectivity index is 3.16. The summed E-state index contributed by atoms with van der Waals surface area (Å²) in [6.45, 7) is 1.74. The van der Waals surface area contributed by atoms with Crippen LogP contribution in [0.15, 0.2) is 12.1 Å². The first-order chi connectivity index (χ1) is 5.69. The molecule has 0 aliphatic rings. The Morgan fingerprint density at radius 2 is 2.17 bits per heavy atom. The first-order valence-electron chi connectivity index (χ1n) is 3.43. The van der Waals surface area contributed by atoms with Crippen LogP contribution in [0, 0.1) is 12.7 Å². The summed E-state index contributed by atoms with van der Waals surface area (Å²) in [5.74, 6) is -0.328. The number of methoxy groups -OCH3 is 1. The minimum Gasteiger partial charge on any atom is -0.494 e. The van der Waals surface area contributed by atoms with Gasteiger partial charge in [0.1, 0.15) is 0 Å². The number of hydrogen-bond donors (Lipinski definition) is 2. The smallest absolute Gasteiger partial charge is 0.167 e. The van der Waals surface area contributed by atoms with Crippen molar-refractivity contribution in [2.75, 3.05) is 12.6 Å². The van der Waals surface area contributed by atoms with Crippen LogP contribution >= 0.6 is 0 Å². The number of hydrogen-bond acceptors (Lipinski definition) is 3. The van der Waals surface area contributed by atoms with Crippen molar-refractivity contribution in [1.29, 1.82) is 0 Å². The Kier molecular flexibility index (Phi) is 2.50. The molecule has 4 heteroatoms. The molecular formula is C8H10FNO2. The van der Waals surface area contributed by atoms with E-state index in [2.05, 4.69) is 0 Å². The van der Waals surface area contributed by atoms with Crippen molar-refractivity contribution in [3.63, 3.8) is 0 Å². The van der Waals surface area contributed by atoms with Gasteiger partial charge in [0.2, 0.25) is 0 Å². The van der Waals surface area contributed by atoms with Crippen molar-refractivity contribution >= 4 is 5.69 Å². The predicted octanol–water partition coefficient (Wildman–Crippen LogP) is 1.94. The Bertz CT molecular complexity index is 259. The number of rotatable bonds is 2. The molecule has 0 aliphatic heterocycles. The van der Waals surface area contributed by atoms with Crippen molar-refractivity contribution in [3.8, 4) is 5.75 Å². The second kappa shape index (κ2) is 3.40. The van der Waals surface area contributed by atoms with E-state index in [0.717, 1.165) is 5.56 Å². The number of anilines is 1. The highest BCUT2D eigenvalue weighted by Gasteiger charge is 2.06. The number of benzene rings is 1. The van der Waals surface area contributed by atoms with Crippen LogP contribution in [0.3, 0.4) is 0 Å². The molecule has 0 fully saturated rings. The molecule has 0 saturated heterocycles. The molecule has 0 aliphatic carbocycles. The minimum absolute atomic E-state index is 0.173. The van der Waals surface area contributed by atoms with Crippen LogP contribution < -0.4 is 10.2 Å². The molecule has 12 heavy (non-hydrogen) atoms. The molecule has 0 spiro atoms. The Morgan fingerprint density at radius 3 is 2.67 bits per heavy atom. The zero-order chi connectivity index (χ0) is 9.14. The average molecular weight is 171 g/mol. The molecule has 0 atom stereocenters. The fourth-order valence-corrected chi connectivity index (χ4v) is 0.932. The van der Waals surface area contributed by atoms with Gasteiger partial charge in [-0.1, -0.05) is 0 Å². The van der Waals surface area contributed by atoms with Crippen molar-refractivity contribution < 1.29 is 14.3 Å². The van der Waals surface area contributed by atoms with E-state index >= 15 is 0 Å². The largest absolute Gasteiger partial charge is 0.494 e. The first kappa shape index (κ1) is 8.80. The van der Waals surface area contributed by atoms with Gasteiger partial charge in [-0.25, -0.2) is 4.39 Å². The van der Waals surface area contributed by atoms with Crippen molar-refractivity contribution in [1.82, 2.24) is 0 Å². The summed E-state index contributed by atoms with van der Waals surface area (Å²) >= 11 is 0. The quantitative estimate of drug-likeness (QED) is 0.668. The van der Waals surface area contributed by atoms with Gasteiger partial charge in [0.15, 0.2) is 11.6 Å². The third-order valence-electron chi connectivity index (χ3n) is 1.62. The highest BCUT2D eigenvalue weighted by atomic mass is 19.1. The Labute approximate surface area is 69.7 Å². The van der Waals surface area contributed by atoms with Crippen LogP contribution in [0.4, 0.5) is 10.1 Å². The van der Waals surface area contributed by atoms with E-state index in [-0.39, 0.29) is 5.75 Å². The zero-order valence-electron chi connectivity index (χ0n) is 6.89. The molecule has 0 aromatic heterocycles. The molecule has 0 amide bonds. The second-order valence-electron chi connectivity index (χ2n) is 2.41. The topological polar surface area (TPSA) is 41.5 Å². The molecule has 1 aromatic rings. The summed E-state index contributed by atoms with van der Waals surface area (Å²) < 4.78 is 17.7. The van der Waals surface area contributed by atoms with Gasteiger partial charge in [-0.05, 0) is 18.6 Å². The maximum Gasteiger partial charge on any atom is 0.167 e. The van der Waals surface area contributed by atoms with E-state index in [9.17, 15) is 4.39 Å². The third kappa shape index (κ3) is 1.48. The molecule has 0 bridgehead atoms. The van der Waals surface area contributed by atoms with E-state index in [1.54, 1.807) is 6.92 Å². The van der Waals surface area contributed by atoms with Crippen LogP contribution in [0.1, 0.15) is 5.56 Å². The lowest BCUT2D eigenvalue weighted by molar-refractivity contribution is 0.379. The Hall–Kier alpha value is -1.29. The lowest BCUT2D eigenvalue weighted by Crippen LogP contribution is -1.96. The summed E-state index contributed by atoms with van der Waals surface area (Å²) in [6.07, 6.45) is 0. The maximum atomic E-state index is 12.9. The minimum atomic E-state index is -0.500. The third-order valence-corrected chi connectivity index (χ3v) is 1.62. The SMILES string of the molecule is COc1cc(C)c(NO)cc1F. The zero-order valence-corrected chi connectivity index (χ0v) is 6.89. The van der Waals surface area contributed by atoms with E-state index in [0.29, 0.717) is 5.69 Å². The van der Waals surface area contributed by atoms with Gasteiger partial charge in [0.25, 0.3) is 0 Å². The van der Waals surface area contributed by atoms with Gasteiger partial charge in [0, 0.05) is 6.07 Å². The highest BCUT2D eigenvalue weighted by Crippen LogP contribution is 2.24. The van der Waals surface area contributed by atoms with Crippen molar-refractivity contribution in [2.24, 2.45) is 0 Å². The Morgan fingerprint density at radius 1 is 1.50 bits per heavy atom. The standard InChI is InChI=1S/C8H10FNO2/c1-5-3-8(12-2)6(9)4-7(5)10-11/h3-4,10-11H,1-2H3. The fraction of sp³-hybridized carbons (Fsp3) is 0.250. The summed E-state index contributed by atoms with van der Waals surface area (Å²) in [5, 5.41) is 8.55. The van der Waals surface area contributed by atoms with E-state index in [1.165, 1.54) is 19.2 Å². The van der Waals surface area contributed by atoms with Crippen LogP contribution in [-0.4, -0.2) is 12.3 Å². The van der Waals surface area contributed by atoms with E-state index in [1.807, 2.05) is 5.48 Å². The van der Waals surface area contributed by atoms with Crippen LogP contribution in [-0.2, 0) is 0 Å². The normalized spacial score (nSPS) is 9.67. The second-order valence-corrected chi connectivity index (χ2v) is 2.41. The van der Waals surface area contributed by atoms with Gasteiger partial charge in [0.05, 0.1) is 12.8 Å². The molecule has 3 nitrogen and oxygen atoms in total. The number of halogens is 1. The lowest BCUT2D eigenvalue weighted by atomic mass is 10.2. The summed E-state index contributed by atoms with van der Waals surface area (Å²) in [5.41, 5.74) is 2.95. The van der Waals surface area contributed by atoms with Gasteiger partial charge in [-0.2, -0.15) is 0 Å². The lowest BCUT2D eigenvalue weighted by Gasteiger charge is -2.07. The van der Waals surface area contributed by atoms with Gasteiger partial charge < -0.3 is 4.74 Å². The maximum absolute atomic E-state index is 12.9. The molecule has 0 heterocycles. The first-order valence-corrected chi connectivity index (χ1v) is 3.43. The number of aryl methyl sites for hydroxylation is 1. The van der Waals surface area contributed by atoms with E-state index < -0.39 is 5.82 Å². The summed E-state index contributed by atoms with van der Waals surface area (Å²) in [4.78, 5) is 0. The van der Waals surface area contributed by atoms with Crippen LogP contribution in [0.25, 0.3) is 0 Å². The van der Waals surface area contributed by atoms with Crippen molar-refractivity contribution in [2.45, 2.75) is 6.92 Å². The predicted molar refractivity (Wildman–Crippen MR) is 43.1 cm³/mol. The molecule has 2 N–H and O–H groups in total. The monoisotopic (exact) mass is 171 g/mol. The van der Waals surface area contributed by atoms with Gasteiger partial charge in [-0.15, -0.1) is 0 Å². The molecular weight excluding hydrogens is 161 g/mol. The molecule has 0 unspecified atom stereocenters. The fourth-order valence-electron chi connectivity index (χ4n) is 0.932. The summed E-state index contributed by atoms with van der Waals surface area (Å²) in [6, 6.07) is 2.68. The average Bonchev–Trinajstić information content (AvgIpc) is 2.08. The van der Waals surface area contributed by atoms with Crippen LogP contribution in [0.5, 0.6) is 5.75 Å². The number of ether oxygens (including phenoxy) is 1. The van der Waals surface area contributed by atoms with Crippen molar-refractivity contribution in [3.05, 3.63) is 23.5 Å². The highest BCUT2D eigenvalue weighted by molar-refractivity contribution is 5.52. The molecule has 0 saturated carbocycles. The molecule has 0 radical (unpaired) electrons. The van der Waals surface area contributed by atoms with Crippen LogP contribution in [0.2, 0.25) is 0 Å². The van der Waals surface area contributed by atoms with E-state index in [4.69, 9.17) is 9.94 Å². The molecule has 66 valence electrons. The van der Waals surface area contributed by atoms with Gasteiger partial charge >= 0.3 is 0 Å². The summed E-state index contributed by atoms with van der Waals surface area (Å²) in [7, 11) is 1.39. The molecule has 1 rings (SSSR count).